The number of anilines is 1. The van der Waals surface area contributed by atoms with Gasteiger partial charge in [-0.2, -0.15) is 0 Å². The number of benzene rings is 1. The lowest BCUT2D eigenvalue weighted by Crippen LogP contribution is -2.36. The molecule has 0 saturated heterocycles. The molecule has 0 radical (unpaired) electrons. The number of amides is 3. The third kappa shape index (κ3) is 4.86. The maximum absolute atomic E-state index is 12.0. The smallest absolute Gasteiger partial charge is 0.315 e. The van der Waals surface area contributed by atoms with Crippen LogP contribution in [0.3, 0.4) is 0 Å². The molecular weight excluding hydrogens is 318 g/mol. The number of rotatable bonds is 6. The van der Waals surface area contributed by atoms with Crippen molar-refractivity contribution in [3.63, 3.8) is 0 Å². The average Bonchev–Trinajstić information content (AvgIpc) is 3.35. The molecule has 0 bridgehead atoms. The van der Waals surface area contributed by atoms with Crippen molar-refractivity contribution < 1.29 is 14.0 Å². The molecule has 1 saturated carbocycles. The molecule has 3 amide bonds. The van der Waals surface area contributed by atoms with Crippen molar-refractivity contribution in [1.82, 2.24) is 10.6 Å². The van der Waals surface area contributed by atoms with Crippen molar-refractivity contribution in [1.29, 1.82) is 0 Å². The molecule has 0 spiro atoms. The summed E-state index contributed by atoms with van der Waals surface area (Å²) < 4.78 is 5.50. The fraction of sp³-hybridized carbons (Fsp3) is 0.368. The van der Waals surface area contributed by atoms with Crippen LogP contribution in [0.4, 0.5) is 10.5 Å². The zero-order valence-electron chi connectivity index (χ0n) is 14.5. The molecule has 6 nitrogen and oxygen atoms in total. The topological polar surface area (TPSA) is 83.4 Å². The number of hydrogen-bond donors (Lipinski definition) is 3. The van der Waals surface area contributed by atoms with E-state index in [1.807, 2.05) is 50.2 Å². The number of furan rings is 1. The quantitative estimate of drug-likeness (QED) is 0.752. The van der Waals surface area contributed by atoms with Crippen molar-refractivity contribution in [3.8, 4) is 0 Å². The first kappa shape index (κ1) is 17.1. The van der Waals surface area contributed by atoms with Crippen LogP contribution in [0.15, 0.2) is 40.8 Å². The molecule has 1 fully saturated rings. The molecule has 3 N–H and O–H groups in total. The van der Waals surface area contributed by atoms with Crippen LogP contribution in [0.5, 0.6) is 0 Å². The molecule has 1 aliphatic rings. The van der Waals surface area contributed by atoms with Crippen LogP contribution in [-0.4, -0.2) is 11.9 Å². The molecular formula is C19H23N3O3. The van der Waals surface area contributed by atoms with E-state index in [0.717, 1.165) is 35.6 Å². The first-order valence-corrected chi connectivity index (χ1v) is 8.52. The molecule has 0 aliphatic heterocycles. The zero-order chi connectivity index (χ0) is 17.8. The number of carbonyl (C=O) groups excluding carboxylic acids is 2. The van der Waals surface area contributed by atoms with Gasteiger partial charge in [0.2, 0.25) is 5.91 Å². The number of carbonyl (C=O) groups is 2. The van der Waals surface area contributed by atoms with Crippen molar-refractivity contribution >= 4 is 17.6 Å². The summed E-state index contributed by atoms with van der Waals surface area (Å²) in [7, 11) is 0. The third-order valence-electron chi connectivity index (χ3n) is 4.16. The van der Waals surface area contributed by atoms with E-state index in [1.54, 1.807) is 0 Å². The van der Waals surface area contributed by atoms with Crippen LogP contribution in [-0.2, 0) is 11.3 Å². The Bertz CT molecular complexity index is 748. The van der Waals surface area contributed by atoms with Gasteiger partial charge in [-0.3, -0.25) is 4.79 Å². The van der Waals surface area contributed by atoms with Crippen molar-refractivity contribution in [2.45, 2.75) is 39.3 Å². The van der Waals surface area contributed by atoms with Gasteiger partial charge < -0.3 is 20.4 Å². The molecule has 1 aliphatic carbocycles. The predicted octanol–water partition coefficient (Wildman–Crippen LogP) is 3.50. The predicted molar refractivity (Wildman–Crippen MR) is 95.0 cm³/mol. The Hall–Kier alpha value is -2.76. The highest BCUT2D eigenvalue weighted by molar-refractivity contribution is 5.94. The van der Waals surface area contributed by atoms with Gasteiger partial charge in [0.25, 0.3) is 0 Å². The van der Waals surface area contributed by atoms with Gasteiger partial charge in [-0.1, -0.05) is 12.1 Å². The van der Waals surface area contributed by atoms with E-state index in [0.29, 0.717) is 6.54 Å². The highest BCUT2D eigenvalue weighted by Crippen LogP contribution is 2.30. The zero-order valence-corrected chi connectivity index (χ0v) is 14.5. The molecule has 25 heavy (non-hydrogen) atoms. The Balaban J connectivity index is 1.44. The lowest BCUT2D eigenvalue weighted by molar-refractivity contribution is -0.117. The standard InChI is InChI=1S/C19H23N3O3/c1-12-3-10-17(25-12)13(2)21-19(24)20-11-14-4-8-16(9-5-14)22-18(23)15-6-7-15/h3-5,8-10,13,15H,6-7,11H2,1-2H3,(H,22,23)(H2,20,21,24)/t13-/m0/s1. The second kappa shape index (κ2) is 7.42. The largest absolute Gasteiger partial charge is 0.464 e. The summed E-state index contributed by atoms with van der Waals surface area (Å²) >= 11 is 0. The van der Waals surface area contributed by atoms with Crippen molar-refractivity contribution in [3.05, 3.63) is 53.5 Å². The van der Waals surface area contributed by atoms with E-state index in [2.05, 4.69) is 16.0 Å². The minimum atomic E-state index is -0.257. The average molecular weight is 341 g/mol. The van der Waals surface area contributed by atoms with Gasteiger partial charge in [0, 0.05) is 18.2 Å². The Morgan fingerprint density at radius 3 is 2.48 bits per heavy atom. The van der Waals surface area contributed by atoms with Gasteiger partial charge in [0.15, 0.2) is 0 Å². The van der Waals surface area contributed by atoms with Crippen LogP contribution >= 0.6 is 0 Å². The highest BCUT2D eigenvalue weighted by atomic mass is 16.3. The van der Waals surface area contributed by atoms with Gasteiger partial charge in [-0.15, -0.1) is 0 Å². The molecule has 1 aromatic heterocycles. The van der Waals surface area contributed by atoms with Gasteiger partial charge in [0.05, 0.1) is 6.04 Å². The van der Waals surface area contributed by atoms with Crippen LogP contribution in [0.25, 0.3) is 0 Å². The van der Waals surface area contributed by atoms with Gasteiger partial charge in [-0.25, -0.2) is 4.79 Å². The van der Waals surface area contributed by atoms with E-state index in [1.165, 1.54) is 0 Å². The van der Waals surface area contributed by atoms with Crippen LogP contribution in [0.1, 0.15) is 42.9 Å². The van der Waals surface area contributed by atoms with E-state index >= 15 is 0 Å². The maximum atomic E-state index is 12.0. The van der Waals surface area contributed by atoms with Crippen molar-refractivity contribution in [2.24, 2.45) is 5.92 Å². The summed E-state index contributed by atoms with van der Waals surface area (Å²) in [6.07, 6.45) is 1.97. The number of hydrogen-bond acceptors (Lipinski definition) is 3. The summed E-state index contributed by atoms with van der Waals surface area (Å²) in [5.74, 6) is 1.82. The molecule has 6 heteroatoms. The molecule has 3 rings (SSSR count). The summed E-state index contributed by atoms with van der Waals surface area (Å²) in [6, 6.07) is 10.8. The normalized spacial score (nSPS) is 14.6. The summed E-state index contributed by atoms with van der Waals surface area (Å²) in [5, 5.41) is 8.54. The van der Waals surface area contributed by atoms with Gasteiger partial charge in [0.1, 0.15) is 11.5 Å². The first-order chi connectivity index (χ1) is 12.0. The lowest BCUT2D eigenvalue weighted by atomic mass is 10.2. The minimum Gasteiger partial charge on any atom is -0.464 e. The minimum absolute atomic E-state index is 0.0902. The van der Waals surface area contributed by atoms with Crippen LogP contribution in [0.2, 0.25) is 0 Å². The Morgan fingerprint density at radius 1 is 1.16 bits per heavy atom. The lowest BCUT2D eigenvalue weighted by Gasteiger charge is -2.13. The molecule has 1 heterocycles. The highest BCUT2D eigenvalue weighted by Gasteiger charge is 2.29. The molecule has 1 atom stereocenters. The summed E-state index contributed by atoms with van der Waals surface area (Å²) in [4.78, 5) is 23.7. The fourth-order valence-electron chi connectivity index (χ4n) is 2.48. The van der Waals surface area contributed by atoms with Crippen molar-refractivity contribution in [2.75, 3.05) is 5.32 Å². The molecule has 0 unspecified atom stereocenters. The number of urea groups is 1. The van der Waals surface area contributed by atoms with Gasteiger partial charge in [-0.05, 0) is 56.5 Å². The Labute approximate surface area is 147 Å². The summed E-state index contributed by atoms with van der Waals surface area (Å²) in [6.45, 7) is 4.15. The monoisotopic (exact) mass is 341 g/mol. The van der Waals surface area contributed by atoms with Crippen LogP contribution in [0, 0.1) is 12.8 Å². The van der Waals surface area contributed by atoms with E-state index in [9.17, 15) is 9.59 Å². The SMILES string of the molecule is Cc1ccc([C@H](C)NC(=O)NCc2ccc(NC(=O)C3CC3)cc2)o1. The molecule has 1 aromatic carbocycles. The Kier molecular flexibility index (Phi) is 5.07. The van der Waals surface area contributed by atoms with E-state index < -0.39 is 0 Å². The second-order valence-electron chi connectivity index (χ2n) is 6.46. The second-order valence-corrected chi connectivity index (χ2v) is 6.46. The molecule has 132 valence electrons. The maximum Gasteiger partial charge on any atom is 0.315 e. The first-order valence-electron chi connectivity index (χ1n) is 8.52. The number of nitrogens with one attached hydrogen (secondary N) is 3. The summed E-state index contributed by atoms with van der Waals surface area (Å²) in [5.41, 5.74) is 1.74. The van der Waals surface area contributed by atoms with Crippen LogP contribution < -0.4 is 16.0 Å². The molecule has 2 aromatic rings. The van der Waals surface area contributed by atoms with E-state index in [-0.39, 0.29) is 23.9 Å². The number of aryl methyl sites for hydroxylation is 1. The fourth-order valence-corrected chi connectivity index (χ4v) is 2.48. The Morgan fingerprint density at radius 2 is 1.88 bits per heavy atom. The van der Waals surface area contributed by atoms with Gasteiger partial charge >= 0.3 is 6.03 Å². The third-order valence-corrected chi connectivity index (χ3v) is 4.16. The van der Waals surface area contributed by atoms with E-state index in [4.69, 9.17) is 4.42 Å².